The lowest BCUT2D eigenvalue weighted by molar-refractivity contribution is -0.132. The van der Waals surface area contributed by atoms with Gasteiger partial charge in [0.2, 0.25) is 11.8 Å². The van der Waals surface area contributed by atoms with Crippen LogP contribution in [0, 0.1) is 5.92 Å². The van der Waals surface area contributed by atoms with Gasteiger partial charge in [-0.3, -0.25) is 14.4 Å². The molecule has 1 saturated heterocycles. The van der Waals surface area contributed by atoms with Crippen molar-refractivity contribution in [1.29, 1.82) is 0 Å². The number of carbonyl (C=O) groups excluding carboxylic acids is 3. The number of amides is 2. The minimum Gasteiger partial charge on any atom is -0.361 e. The molecule has 0 aromatic heterocycles. The van der Waals surface area contributed by atoms with Gasteiger partial charge in [0.25, 0.3) is 0 Å². The highest BCUT2D eigenvalue weighted by molar-refractivity contribution is 5.97. The zero-order chi connectivity index (χ0) is 20.0. The Morgan fingerprint density at radius 1 is 1.07 bits per heavy atom. The van der Waals surface area contributed by atoms with E-state index in [0.717, 1.165) is 12.0 Å². The number of epoxide rings is 1. The van der Waals surface area contributed by atoms with E-state index >= 15 is 0 Å². The number of hydrogen-bond acceptors (Lipinski definition) is 4. The van der Waals surface area contributed by atoms with E-state index in [2.05, 4.69) is 24.5 Å². The molecule has 0 aliphatic carbocycles. The molecule has 1 aromatic rings. The van der Waals surface area contributed by atoms with Crippen molar-refractivity contribution in [2.75, 3.05) is 6.61 Å². The Balaban J connectivity index is 2.10. The molecule has 2 N–H and O–H groups in total. The lowest BCUT2D eigenvalue weighted by Gasteiger charge is -2.24. The summed E-state index contributed by atoms with van der Waals surface area (Å²) >= 11 is 0. The van der Waals surface area contributed by atoms with Crippen molar-refractivity contribution >= 4 is 17.6 Å². The van der Waals surface area contributed by atoms with Crippen LogP contribution in [0.3, 0.4) is 0 Å². The third-order valence-corrected chi connectivity index (χ3v) is 4.74. The number of carbonyl (C=O) groups is 3. The summed E-state index contributed by atoms with van der Waals surface area (Å²) in [5.74, 6) is -0.313. The number of rotatable bonds is 10. The smallest absolute Gasteiger partial charge is 0.243 e. The van der Waals surface area contributed by atoms with Crippen molar-refractivity contribution in [3.63, 3.8) is 0 Å². The number of ketones is 1. The molecule has 1 aliphatic rings. The number of Topliss-reactive ketones (excluding diaryl/α,β-unsaturated/α-hetero) is 1. The predicted octanol–water partition coefficient (Wildman–Crippen LogP) is 2.01. The Bertz CT molecular complexity index is 668. The van der Waals surface area contributed by atoms with Crippen molar-refractivity contribution in [3.8, 4) is 0 Å². The van der Waals surface area contributed by atoms with Crippen LogP contribution in [0.5, 0.6) is 0 Å². The molecule has 2 amide bonds. The number of benzene rings is 1. The zero-order valence-electron chi connectivity index (χ0n) is 16.6. The molecular formula is C21H30N2O4. The van der Waals surface area contributed by atoms with Crippen LogP contribution in [0.2, 0.25) is 0 Å². The minimum absolute atomic E-state index is 0.0993. The predicted molar refractivity (Wildman–Crippen MR) is 103 cm³/mol. The SMILES string of the molecule is CC(=O)N[C@@H](Cc1ccccc1)C(=O)N[C@@H](CCC(C)C)C(=O)[C@@]1(C)CO1. The fourth-order valence-corrected chi connectivity index (χ4v) is 2.96. The monoisotopic (exact) mass is 374 g/mol. The van der Waals surface area contributed by atoms with Gasteiger partial charge in [-0.25, -0.2) is 0 Å². The molecule has 1 heterocycles. The van der Waals surface area contributed by atoms with Gasteiger partial charge in [0.1, 0.15) is 11.6 Å². The van der Waals surface area contributed by atoms with Gasteiger partial charge >= 0.3 is 0 Å². The Labute approximate surface area is 161 Å². The van der Waals surface area contributed by atoms with Crippen LogP contribution in [0.1, 0.15) is 46.1 Å². The number of hydrogen-bond donors (Lipinski definition) is 2. The lowest BCUT2D eigenvalue weighted by atomic mass is 9.93. The molecule has 0 unspecified atom stereocenters. The second-order valence-corrected chi connectivity index (χ2v) is 7.86. The molecule has 3 atom stereocenters. The molecule has 1 aromatic carbocycles. The molecule has 27 heavy (non-hydrogen) atoms. The van der Waals surface area contributed by atoms with Crippen molar-refractivity contribution in [2.24, 2.45) is 5.92 Å². The van der Waals surface area contributed by atoms with E-state index in [1.54, 1.807) is 6.92 Å². The van der Waals surface area contributed by atoms with Gasteiger partial charge in [0.15, 0.2) is 5.78 Å². The maximum absolute atomic E-state index is 12.9. The third-order valence-electron chi connectivity index (χ3n) is 4.74. The lowest BCUT2D eigenvalue weighted by Crippen LogP contribution is -2.54. The first-order valence-electron chi connectivity index (χ1n) is 9.51. The molecular weight excluding hydrogens is 344 g/mol. The van der Waals surface area contributed by atoms with Crippen LogP contribution in [-0.2, 0) is 25.5 Å². The van der Waals surface area contributed by atoms with E-state index in [0.29, 0.717) is 25.4 Å². The van der Waals surface area contributed by atoms with Crippen LogP contribution in [0.25, 0.3) is 0 Å². The fourth-order valence-electron chi connectivity index (χ4n) is 2.96. The molecule has 0 saturated carbocycles. The summed E-state index contributed by atoms with van der Waals surface area (Å²) < 4.78 is 5.28. The second kappa shape index (κ2) is 9.13. The Morgan fingerprint density at radius 2 is 1.70 bits per heavy atom. The van der Waals surface area contributed by atoms with E-state index in [-0.39, 0.29) is 17.6 Å². The summed E-state index contributed by atoms with van der Waals surface area (Å²) in [6.07, 6.45) is 1.74. The van der Waals surface area contributed by atoms with Crippen molar-refractivity contribution in [1.82, 2.24) is 10.6 Å². The first-order chi connectivity index (χ1) is 12.7. The molecule has 1 aliphatic heterocycles. The molecule has 6 nitrogen and oxygen atoms in total. The summed E-state index contributed by atoms with van der Waals surface area (Å²) in [5.41, 5.74) is 0.145. The standard InChI is InChI=1S/C21H30N2O4/c1-14(2)10-11-17(19(25)21(4)13-27-21)23-20(26)18(22-15(3)24)12-16-8-6-5-7-9-16/h5-9,14,17-18H,10-13H2,1-4H3,(H,22,24)(H,23,26)/t17-,18-,21+/m0/s1. The largest absolute Gasteiger partial charge is 0.361 e. The Hall–Kier alpha value is -2.21. The van der Waals surface area contributed by atoms with Gasteiger partial charge in [0, 0.05) is 13.3 Å². The van der Waals surface area contributed by atoms with Gasteiger partial charge in [0.05, 0.1) is 12.6 Å². The van der Waals surface area contributed by atoms with E-state index in [1.165, 1.54) is 6.92 Å². The summed E-state index contributed by atoms with van der Waals surface area (Å²) in [5, 5.41) is 5.56. The molecule has 148 valence electrons. The maximum atomic E-state index is 12.9. The highest BCUT2D eigenvalue weighted by atomic mass is 16.6. The summed E-state index contributed by atoms with van der Waals surface area (Å²) in [6.45, 7) is 7.67. The first-order valence-corrected chi connectivity index (χ1v) is 9.51. The van der Waals surface area contributed by atoms with Gasteiger partial charge in [-0.05, 0) is 31.2 Å². The quantitative estimate of drug-likeness (QED) is 0.613. The van der Waals surface area contributed by atoms with E-state index in [4.69, 9.17) is 4.74 Å². The van der Waals surface area contributed by atoms with E-state index in [1.807, 2.05) is 30.3 Å². The molecule has 0 spiro atoms. The minimum atomic E-state index is -0.794. The molecule has 2 rings (SSSR count). The molecule has 0 bridgehead atoms. The highest BCUT2D eigenvalue weighted by Crippen LogP contribution is 2.29. The van der Waals surface area contributed by atoms with Crippen molar-refractivity contribution in [2.45, 2.75) is 64.6 Å². The van der Waals surface area contributed by atoms with Crippen molar-refractivity contribution < 1.29 is 19.1 Å². The number of ether oxygens (including phenoxy) is 1. The average molecular weight is 374 g/mol. The van der Waals surface area contributed by atoms with Crippen LogP contribution < -0.4 is 10.6 Å². The van der Waals surface area contributed by atoms with Gasteiger partial charge in [-0.2, -0.15) is 0 Å². The van der Waals surface area contributed by atoms with Crippen LogP contribution in [0.15, 0.2) is 30.3 Å². The molecule has 6 heteroatoms. The van der Waals surface area contributed by atoms with E-state index in [9.17, 15) is 14.4 Å². The summed E-state index contributed by atoms with van der Waals surface area (Å²) in [4.78, 5) is 37.2. The Kier molecular flexibility index (Phi) is 7.13. The third kappa shape index (κ3) is 6.47. The highest BCUT2D eigenvalue weighted by Gasteiger charge is 2.50. The summed E-state index contributed by atoms with van der Waals surface area (Å²) in [6, 6.07) is 8.14. The van der Waals surface area contributed by atoms with Gasteiger partial charge < -0.3 is 15.4 Å². The second-order valence-electron chi connectivity index (χ2n) is 7.86. The first kappa shape index (κ1) is 21.1. The zero-order valence-corrected chi connectivity index (χ0v) is 16.6. The topological polar surface area (TPSA) is 87.8 Å². The summed E-state index contributed by atoms with van der Waals surface area (Å²) in [7, 11) is 0. The molecule has 1 fully saturated rings. The van der Waals surface area contributed by atoms with Crippen LogP contribution in [-0.4, -0.2) is 41.9 Å². The maximum Gasteiger partial charge on any atom is 0.243 e. The van der Waals surface area contributed by atoms with Gasteiger partial charge in [-0.1, -0.05) is 44.2 Å². The Morgan fingerprint density at radius 3 is 2.22 bits per heavy atom. The number of nitrogens with one attached hydrogen (secondary N) is 2. The fraction of sp³-hybridized carbons (Fsp3) is 0.571. The van der Waals surface area contributed by atoms with Crippen LogP contribution >= 0.6 is 0 Å². The average Bonchev–Trinajstić information content (AvgIpc) is 3.36. The normalized spacial score (nSPS) is 20.6. The van der Waals surface area contributed by atoms with Gasteiger partial charge in [-0.15, -0.1) is 0 Å². The molecule has 0 radical (unpaired) electrons. The van der Waals surface area contributed by atoms with Crippen molar-refractivity contribution in [3.05, 3.63) is 35.9 Å². The van der Waals surface area contributed by atoms with Crippen LogP contribution in [0.4, 0.5) is 0 Å². The van der Waals surface area contributed by atoms with E-state index < -0.39 is 17.7 Å².